The van der Waals surface area contributed by atoms with Crippen molar-refractivity contribution < 1.29 is 14.3 Å². The molecule has 0 spiro atoms. The van der Waals surface area contributed by atoms with Gasteiger partial charge in [0, 0.05) is 12.1 Å². The average molecular weight is 351 g/mol. The first-order valence-corrected chi connectivity index (χ1v) is 8.81. The maximum atomic E-state index is 12.3. The summed E-state index contributed by atoms with van der Waals surface area (Å²) in [5.41, 5.74) is 1.86. The molecular formula is C17H25N3O3S. The summed E-state index contributed by atoms with van der Waals surface area (Å²) in [6.07, 6.45) is 0.838. The summed E-state index contributed by atoms with van der Waals surface area (Å²) in [4.78, 5) is 14.3. The van der Waals surface area contributed by atoms with Crippen molar-refractivity contribution in [2.24, 2.45) is 5.10 Å². The summed E-state index contributed by atoms with van der Waals surface area (Å²) in [7, 11) is 7.19. The Morgan fingerprint density at radius 1 is 1.25 bits per heavy atom. The summed E-state index contributed by atoms with van der Waals surface area (Å²) in [6, 6.07) is 5.75. The first-order chi connectivity index (χ1) is 11.5. The van der Waals surface area contributed by atoms with Gasteiger partial charge >= 0.3 is 5.24 Å². The number of benzene rings is 1. The largest absolute Gasteiger partial charge is 0.493 e. The zero-order valence-electron chi connectivity index (χ0n) is 14.9. The Kier molecular flexibility index (Phi) is 6.51. The summed E-state index contributed by atoms with van der Waals surface area (Å²) in [6.45, 7) is 3.41. The van der Waals surface area contributed by atoms with E-state index in [9.17, 15) is 4.79 Å². The Morgan fingerprint density at radius 2 is 1.96 bits per heavy atom. The van der Waals surface area contributed by atoms with Crippen LogP contribution in [-0.2, 0) is 0 Å². The number of hydrazone groups is 1. The molecule has 6 nitrogen and oxygen atoms in total. The summed E-state index contributed by atoms with van der Waals surface area (Å²) < 4.78 is 10.7. The number of carbonyl (C=O) groups is 1. The molecule has 0 fully saturated rings. The van der Waals surface area contributed by atoms with Gasteiger partial charge in [0.1, 0.15) is 0 Å². The lowest BCUT2D eigenvalue weighted by molar-refractivity contribution is 0.217. The highest BCUT2D eigenvalue weighted by molar-refractivity contribution is 8.14. The van der Waals surface area contributed by atoms with Crippen molar-refractivity contribution >= 4 is 22.7 Å². The molecular weight excluding hydrogens is 326 g/mol. The van der Waals surface area contributed by atoms with Gasteiger partial charge in [-0.05, 0) is 38.7 Å². The maximum absolute atomic E-state index is 12.3. The van der Waals surface area contributed by atoms with Crippen LogP contribution in [0.2, 0.25) is 0 Å². The van der Waals surface area contributed by atoms with Crippen molar-refractivity contribution in [3.05, 3.63) is 23.8 Å². The van der Waals surface area contributed by atoms with E-state index in [1.807, 2.05) is 37.2 Å². The smallest absolute Gasteiger partial charge is 0.302 e. The van der Waals surface area contributed by atoms with Gasteiger partial charge in [-0.15, -0.1) is 0 Å². The molecule has 0 saturated heterocycles. The molecule has 24 heavy (non-hydrogen) atoms. The number of ether oxygens (including phenoxy) is 2. The first kappa shape index (κ1) is 18.6. The van der Waals surface area contributed by atoms with Gasteiger partial charge in [-0.1, -0.05) is 18.7 Å². The number of thioether (sulfide) groups is 1. The Balaban J connectivity index is 2.36. The van der Waals surface area contributed by atoms with Crippen molar-refractivity contribution in [2.45, 2.75) is 18.6 Å². The van der Waals surface area contributed by atoms with Crippen LogP contribution >= 0.6 is 11.8 Å². The third kappa shape index (κ3) is 4.21. The van der Waals surface area contributed by atoms with Gasteiger partial charge in [0.25, 0.3) is 0 Å². The molecule has 0 bridgehead atoms. The van der Waals surface area contributed by atoms with Crippen LogP contribution in [0.15, 0.2) is 23.3 Å². The molecule has 1 aromatic rings. The van der Waals surface area contributed by atoms with Gasteiger partial charge in [0.05, 0.1) is 31.7 Å². The van der Waals surface area contributed by atoms with Gasteiger partial charge < -0.3 is 14.4 Å². The first-order valence-electron chi connectivity index (χ1n) is 7.93. The van der Waals surface area contributed by atoms with E-state index >= 15 is 0 Å². The molecule has 1 unspecified atom stereocenters. The van der Waals surface area contributed by atoms with Crippen molar-refractivity contribution in [3.8, 4) is 11.5 Å². The quantitative estimate of drug-likeness (QED) is 0.756. The monoisotopic (exact) mass is 351 g/mol. The number of amides is 1. The van der Waals surface area contributed by atoms with Gasteiger partial charge in [0.2, 0.25) is 0 Å². The number of nitrogens with zero attached hydrogens (tertiary/aromatic N) is 3. The molecule has 0 radical (unpaired) electrons. The van der Waals surface area contributed by atoms with Crippen molar-refractivity contribution in [1.29, 1.82) is 0 Å². The zero-order valence-corrected chi connectivity index (χ0v) is 15.7. The van der Waals surface area contributed by atoms with E-state index < -0.39 is 0 Å². The van der Waals surface area contributed by atoms with Crippen molar-refractivity contribution in [3.63, 3.8) is 0 Å². The molecule has 132 valence electrons. The molecule has 1 aliphatic rings. The van der Waals surface area contributed by atoms with E-state index in [0.717, 1.165) is 24.2 Å². The molecule has 1 atom stereocenters. The topological polar surface area (TPSA) is 54.4 Å². The fourth-order valence-electron chi connectivity index (χ4n) is 2.43. The predicted molar refractivity (Wildman–Crippen MR) is 98.4 cm³/mol. The van der Waals surface area contributed by atoms with Gasteiger partial charge in [-0.3, -0.25) is 4.79 Å². The highest BCUT2D eigenvalue weighted by Gasteiger charge is 2.30. The van der Waals surface area contributed by atoms with Crippen LogP contribution in [0.1, 0.15) is 18.9 Å². The zero-order chi connectivity index (χ0) is 17.7. The second-order valence-electron chi connectivity index (χ2n) is 5.76. The minimum Gasteiger partial charge on any atom is -0.493 e. The van der Waals surface area contributed by atoms with Gasteiger partial charge in [-0.2, -0.15) is 5.10 Å². The van der Waals surface area contributed by atoms with E-state index in [-0.39, 0.29) is 10.5 Å². The number of hydrogen-bond acceptors (Lipinski definition) is 6. The Morgan fingerprint density at radius 3 is 2.54 bits per heavy atom. The second kappa shape index (κ2) is 8.39. The van der Waals surface area contributed by atoms with E-state index in [2.05, 4.69) is 12.0 Å². The lowest BCUT2D eigenvalue weighted by Gasteiger charge is -2.29. The van der Waals surface area contributed by atoms with Crippen LogP contribution < -0.4 is 9.47 Å². The maximum Gasteiger partial charge on any atom is 0.302 e. The molecule has 0 saturated carbocycles. The molecule has 1 amide bonds. The average Bonchev–Trinajstić information content (AvgIpc) is 2.59. The molecule has 1 heterocycles. The number of likely N-dealkylation sites (N-methyl/N-ethyl adjacent to an activating group) is 1. The van der Waals surface area contributed by atoms with E-state index in [1.54, 1.807) is 19.2 Å². The number of hydrogen-bond donors (Lipinski definition) is 0. The SMILES string of the molecule is CCC1SC(=O)N(CCN(C)C)N=C1c1ccc(OC)c(OC)c1. The standard InChI is InChI=1S/C17H25N3O3S/c1-6-15-16(12-7-8-13(22-4)14(11-12)23-5)18-20(17(21)24-15)10-9-19(2)3/h7-8,11,15H,6,9-10H2,1-5H3. The van der Waals surface area contributed by atoms with Gasteiger partial charge in [0.15, 0.2) is 11.5 Å². The highest BCUT2D eigenvalue weighted by Crippen LogP contribution is 2.33. The number of methoxy groups -OCH3 is 2. The molecule has 7 heteroatoms. The molecule has 2 rings (SSSR count). The molecule has 0 aliphatic carbocycles. The lowest BCUT2D eigenvalue weighted by Crippen LogP contribution is -2.38. The summed E-state index contributed by atoms with van der Waals surface area (Å²) >= 11 is 1.34. The van der Waals surface area contributed by atoms with Crippen LogP contribution in [0.5, 0.6) is 11.5 Å². The van der Waals surface area contributed by atoms with E-state index in [0.29, 0.717) is 18.0 Å². The Bertz CT molecular complexity index is 619. The van der Waals surface area contributed by atoms with Gasteiger partial charge in [-0.25, -0.2) is 5.01 Å². The number of carbonyl (C=O) groups excluding carboxylic acids is 1. The van der Waals surface area contributed by atoms with Crippen molar-refractivity contribution in [1.82, 2.24) is 9.91 Å². The molecule has 0 aromatic heterocycles. The Labute approximate surface area is 147 Å². The predicted octanol–water partition coefficient (Wildman–Crippen LogP) is 2.92. The molecule has 0 N–H and O–H groups in total. The fraction of sp³-hybridized carbons (Fsp3) is 0.529. The second-order valence-corrected chi connectivity index (χ2v) is 6.92. The van der Waals surface area contributed by atoms with Crippen LogP contribution in [0.25, 0.3) is 0 Å². The van der Waals surface area contributed by atoms with E-state index in [1.165, 1.54) is 11.8 Å². The van der Waals surface area contributed by atoms with Crippen LogP contribution in [-0.4, -0.2) is 67.5 Å². The third-order valence-corrected chi connectivity index (χ3v) is 5.05. The number of rotatable bonds is 7. The highest BCUT2D eigenvalue weighted by atomic mass is 32.2. The minimum atomic E-state index is 0.00734. The summed E-state index contributed by atoms with van der Waals surface area (Å²) in [5, 5.41) is 6.26. The Hall–Kier alpha value is -1.73. The molecule has 1 aliphatic heterocycles. The van der Waals surface area contributed by atoms with Crippen LogP contribution in [0.3, 0.4) is 0 Å². The third-order valence-electron chi connectivity index (χ3n) is 3.80. The van der Waals surface area contributed by atoms with Crippen LogP contribution in [0, 0.1) is 0 Å². The van der Waals surface area contributed by atoms with E-state index in [4.69, 9.17) is 9.47 Å². The summed E-state index contributed by atoms with van der Waals surface area (Å²) in [5.74, 6) is 1.34. The minimum absolute atomic E-state index is 0.00734. The lowest BCUT2D eigenvalue weighted by atomic mass is 10.0. The molecule has 1 aromatic carbocycles. The van der Waals surface area contributed by atoms with Crippen molar-refractivity contribution in [2.75, 3.05) is 41.4 Å². The fourth-order valence-corrected chi connectivity index (χ4v) is 3.38. The normalized spacial score (nSPS) is 17.9. The van der Waals surface area contributed by atoms with Crippen LogP contribution in [0.4, 0.5) is 4.79 Å².